The van der Waals surface area contributed by atoms with E-state index >= 15 is 0 Å². The van der Waals surface area contributed by atoms with Crippen molar-refractivity contribution in [1.82, 2.24) is 19.1 Å². The highest BCUT2D eigenvalue weighted by molar-refractivity contribution is 7.89. The van der Waals surface area contributed by atoms with Crippen molar-refractivity contribution in [1.29, 1.82) is 0 Å². The lowest BCUT2D eigenvalue weighted by atomic mass is 9.90. The molecule has 0 bridgehead atoms. The Bertz CT molecular complexity index is 1290. The summed E-state index contributed by atoms with van der Waals surface area (Å²) < 4.78 is 33.4. The van der Waals surface area contributed by atoms with E-state index in [1.807, 2.05) is 30.3 Å². The molecule has 1 fully saturated rings. The third-order valence-electron chi connectivity index (χ3n) is 6.44. The second-order valence-corrected chi connectivity index (χ2v) is 10.4. The topological polar surface area (TPSA) is 114 Å². The van der Waals surface area contributed by atoms with E-state index in [1.54, 1.807) is 13.2 Å². The summed E-state index contributed by atoms with van der Waals surface area (Å²) in [5.41, 5.74) is 0.820. The molecule has 3 aromatic rings. The van der Waals surface area contributed by atoms with Crippen molar-refractivity contribution in [2.45, 2.75) is 49.0 Å². The molecule has 0 spiro atoms. The van der Waals surface area contributed by atoms with E-state index < -0.39 is 21.9 Å². The molecule has 2 heterocycles. The summed E-state index contributed by atoms with van der Waals surface area (Å²) in [5, 5.41) is 2.89. The van der Waals surface area contributed by atoms with Gasteiger partial charge in [0.15, 0.2) is 5.82 Å². The zero-order valence-electron chi connectivity index (χ0n) is 19.2. The van der Waals surface area contributed by atoms with Gasteiger partial charge in [-0.3, -0.25) is 14.7 Å². The van der Waals surface area contributed by atoms with E-state index in [0.29, 0.717) is 5.56 Å². The van der Waals surface area contributed by atoms with E-state index in [0.717, 1.165) is 31.2 Å². The van der Waals surface area contributed by atoms with Crippen molar-refractivity contribution in [2.75, 3.05) is 14.2 Å². The van der Waals surface area contributed by atoms with Crippen LogP contribution in [0.3, 0.4) is 0 Å². The second-order valence-electron chi connectivity index (χ2n) is 8.42. The number of sulfonamides is 1. The summed E-state index contributed by atoms with van der Waals surface area (Å²) in [6.45, 7) is 0. The van der Waals surface area contributed by atoms with Crippen LogP contribution in [0.2, 0.25) is 0 Å². The number of nitrogens with zero attached hydrogens (tertiary/aromatic N) is 3. The fraction of sp³-hybridized carbons (Fsp3) is 0.375. The Morgan fingerprint density at radius 2 is 1.91 bits per heavy atom. The number of methoxy groups -OCH3 is 1. The minimum absolute atomic E-state index is 0.00277. The monoisotopic (exact) mass is 484 g/mol. The number of carbonyl (C=O) groups excluding carboxylic acids is 1. The van der Waals surface area contributed by atoms with Crippen LogP contribution in [0.5, 0.6) is 0 Å². The fourth-order valence-corrected chi connectivity index (χ4v) is 5.80. The maximum absolute atomic E-state index is 13.2. The van der Waals surface area contributed by atoms with Gasteiger partial charge in [-0.25, -0.2) is 18.1 Å². The first-order valence-corrected chi connectivity index (χ1v) is 12.6. The number of ether oxygens (including phenoxy) is 1. The van der Waals surface area contributed by atoms with Gasteiger partial charge in [0.2, 0.25) is 10.0 Å². The molecular weight excluding hydrogens is 456 g/mol. The number of aromatic amines is 1. The normalized spacial score (nSPS) is 15.5. The highest BCUT2D eigenvalue weighted by Crippen LogP contribution is 2.28. The number of pyridine rings is 1. The number of hydrogen-bond acceptors (Lipinski definition) is 6. The molecule has 1 aliphatic carbocycles. The molecule has 34 heavy (non-hydrogen) atoms. The third kappa shape index (κ3) is 4.69. The molecule has 1 aromatic carbocycles. The van der Waals surface area contributed by atoms with Crippen molar-refractivity contribution in [3.8, 4) is 5.82 Å². The molecule has 10 heteroatoms. The summed E-state index contributed by atoms with van der Waals surface area (Å²) in [6, 6.07) is 12.2. The molecule has 180 valence electrons. The quantitative estimate of drug-likeness (QED) is 0.492. The van der Waals surface area contributed by atoms with Gasteiger partial charge in [0.1, 0.15) is 4.90 Å². The van der Waals surface area contributed by atoms with Crippen molar-refractivity contribution in [2.24, 2.45) is 0 Å². The summed E-state index contributed by atoms with van der Waals surface area (Å²) >= 11 is 0. The predicted molar refractivity (Wildman–Crippen MR) is 126 cm³/mol. The SMILES string of the molecule is COC(=O)CC(c1ccccc1)c1c[nH]n(-c2ccc(S(=O)(=O)N(C)C3CCCC3)cn2)c1=O. The zero-order chi connectivity index (χ0) is 24.3. The summed E-state index contributed by atoms with van der Waals surface area (Å²) in [7, 11) is -0.758. The minimum Gasteiger partial charge on any atom is -0.469 e. The van der Waals surface area contributed by atoms with E-state index in [9.17, 15) is 18.0 Å². The average Bonchev–Trinajstić information content (AvgIpc) is 3.53. The van der Waals surface area contributed by atoms with Crippen molar-refractivity contribution in [3.63, 3.8) is 0 Å². The molecule has 0 aliphatic heterocycles. The van der Waals surface area contributed by atoms with Crippen LogP contribution in [0.1, 0.15) is 49.1 Å². The lowest BCUT2D eigenvalue weighted by Crippen LogP contribution is -2.35. The maximum Gasteiger partial charge on any atom is 0.306 e. The number of aromatic nitrogens is 3. The van der Waals surface area contributed by atoms with Crippen LogP contribution < -0.4 is 5.56 Å². The van der Waals surface area contributed by atoms with Gasteiger partial charge in [-0.1, -0.05) is 43.2 Å². The molecule has 4 rings (SSSR count). The Hall–Kier alpha value is -3.24. The van der Waals surface area contributed by atoms with Crippen LogP contribution in [0.4, 0.5) is 0 Å². The highest BCUT2D eigenvalue weighted by Gasteiger charge is 2.30. The van der Waals surface area contributed by atoms with E-state index in [-0.39, 0.29) is 28.7 Å². The maximum atomic E-state index is 13.2. The Kier molecular flexibility index (Phi) is 6.99. The number of carbonyl (C=O) groups is 1. The fourth-order valence-electron chi connectivity index (χ4n) is 4.43. The molecule has 2 aromatic heterocycles. The highest BCUT2D eigenvalue weighted by atomic mass is 32.2. The summed E-state index contributed by atoms with van der Waals surface area (Å²) in [4.78, 5) is 29.6. The Morgan fingerprint density at radius 1 is 1.21 bits per heavy atom. The molecule has 9 nitrogen and oxygen atoms in total. The smallest absolute Gasteiger partial charge is 0.306 e. The Morgan fingerprint density at radius 3 is 2.53 bits per heavy atom. The first-order chi connectivity index (χ1) is 16.3. The van der Waals surface area contributed by atoms with Crippen LogP contribution in [0.15, 0.2) is 64.5 Å². The van der Waals surface area contributed by atoms with Crippen LogP contribution in [0.25, 0.3) is 5.82 Å². The lowest BCUT2D eigenvalue weighted by molar-refractivity contribution is -0.140. The molecule has 0 radical (unpaired) electrons. The Labute approximate surface area is 198 Å². The van der Waals surface area contributed by atoms with Gasteiger partial charge in [0.25, 0.3) is 5.56 Å². The largest absolute Gasteiger partial charge is 0.469 e. The van der Waals surface area contributed by atoms with E-state index in [1.165, 1.54) is 34.4 Å². The van der Waals surface area contributed by atoms with Gasteiger partial charge >= 0.3 is 5.97 Å². The van der Waals surface area contributed by atoms with Crippen LogP contribution >= 0.6 is 0 Å². The second kappa shape index (κ2) is 9.94. The molecule has 1 saturated carbocycles. The van der Waals surface area contributed by atoms with E-state index in [2.05, 4.69) is 10.1 Å². The Balaban J connectivity index is 1.63. The number of esters is 1. The van der Waals surface area contributed by atoms with Crippen LogP contribution in [0, 0.1) is 0 Å². The lowest BCUT2D eigenvalue weighted by Gasteiger charge is -2.23. The van der Waals surface area contributed by atoms with Crippen molar-refractivity contribution >= 4 is 16.0 Å². The molecular formula is C24H28N4O5S. The number of rotatable bonds is 8. The molecule has 1 atom stereocenters. The first kappa shape index (κ1) is 23.9. The predicted octanol–water partition coefficient (Wildman–Crippen LogP) is 2.82. The molecule has 1 N–H and O–H groups in total. The number of nitrogens with one attached hydrogen (secondary N) is 1. The van der Waals surface area contributed by atoms with Gasteiger partial charge in [-0.2, -0.15) is 4.31 Å². The van der Waals surface area contributed by atoms with Gasteiger partial charge in [-0.15, -0.1) is 0 Å². The molecule has 1 unspecified atom stereocenters. The van der Waals surface area contributed by atoms with Crippen LogP contribution in [-0.2, 0) is 19.6 Å². The average molecular weight is 485 g/mol. The summed E-state index contributed by atoms with van der Waals surface area (Å²) in [5.74, 6) is -0.679. The molecule has 1 aliphatic rings. The van der Waals surface area contributed by atoms with Crippen molar-refractivity contribution in [3.05, 3.63) is 76.3 Å². The number of hydrogen-bond donors (Lipinski definition) is 1. The molecule has 0 saturated heterocycles. The van der Waals surface area contributed by atoms with Gasteiger partial charge < -0.3 is 4.74 Å². The third-order valence-corrected chi connectivity index (χ3v) is 8.33. The van der Waals surface area contributed by atoms with Gasteiger partial charge in [0.05, 0.1) is 13.5 Å². The van der Waals surface area contributed by atoms with Crippen molar-refractivity contribution < 1.29 is 17.9 Å². The number of H-pyrrole nitrogens is 1. The van der Waals surface area contributed by atoms with Gasteiger partial charge in [0, 0.05) is 37.0 Å². The first-order valence-electron chi connectivity index (χ1n) is 11.2. The standard InChI is InChI=1S/C24H28N4O5S/c1-27(18-10-6-7-11-18)34(31,32)19-12-13-22(25-15-19)28-24(30)21(16-26-28)20(14-23(29)33-2)17-8-4-3-5-9-17/h3-5,8-9,12-13,15-16,18,20,26H,6-7,10-11,14H2,1-2H3. The summed E-state index contributed by atoms with van der Waals surface area (Å²) in [6.07, 6.45) is 6.59. The minimum atomic E-state index is -3.67. The number of benzene rings is 1. The van der Waals surface area contributed by atoms with E-state index in [4.69, 9.17) is 4.74 Å². The van der Waals surface area contributed by atoms with Crippen LogP contribution in [-0.4, -0.2) is 53.7 Å². The molecule has 0 amide bonds. The van der Waals surface area contributed by atoms with Gasteiger partial charge in [-0.05, 0) is 30.5 Å². The zero-order valence-corrected chi connectivity index (χ0v) is 20.0.